The minimum absolute atomic E-state index is 0.0349. The Morgan fingerprint density at radius 2 is 2.04 bits per heavy atom. The number of aliphatic hydroxyl groups excluding tert-OH is 1. The molecule has 1 fully saturated rings. The summed E-state index contributed by atoms with van der Waals surface area (Å²) in [4.78, 5) is 26.2. The Kier molecular flexibility index (Phi) is 4.90. The molecule has 0 bridgehead atoms. The number of aryl methyl sites for hydroxylation is 1. The van der Waals surface area contributed by atoms with Crippen LogP contribution in [0.3, 0.4) is 0 Å². The van der Waals surface area contributed by atoms with E-state index in [1.807, 2.05) is 38.1 Å². The zero-order valence-corrected chi connectivity index (χ0v) is 14.3. The number of rotatable bonds is 5. The van der Waals surface area contributed by atoms with E-state index in [0.717, 1.165) is 36.8 Å². The molecule has 0 radical (unpaired) electrons. The van der Waals surface area contributed by atoms with Crippen LogP contribution >= 0.6 is 0 Å². The van der Waals surface area contributed by atoms with Crippen molar-refractivity contribution >= 4 is 12.0 Å². The molecule has 0 saturated carbocycles. The zero-order valence-electron chi connectivity index (χ0n) is 14.3. The van der Waals surface area contributed by atoms with Crippen molar-refractivity contribution in [3.8, 4) is 0 Å². The molecule has 1 heterocycles. The molecule has 0 unspecified atom stereocenters. The highest BCUT2D eigenvalue weighted by Crippen LogP contribution is 2.41. The van der Waals surface area contributed by atoms with Gasteiger partial charge in [0.25, 0.3) is 0 Å². The maximum atomic E-state index is 12.7. The number of carbonyl (C=O) groups excluding carboxylic acids is 2. The number of aliphatic hydroxyl groups is 1. The van der Waals surface area contributed by atoms with Gasteiger partial charge in [0.1, 0.15) is 12.1 Å². The molecule has 5 nitrogen and oxygen atoms in total. The lowest BCUT2D eigenvalue weighted by Gasteiger charge is -2.30. The molecule has 3 atom stereocenters. The van der Waals surface area contributed by atoms with Gasteiger partial charge in [-0.05, 0) is 29.9 Å². The average Bonchev–Trinajstić information content (AvgIpc) is 2.92. The first-order chi connectivity index (χ1) is 11.6. The van der Waals surface area contributed by atoms with E-state index >= 15 is 0 Å². The van der Waals surface area contributed by atoms with E-state index in [9.17, 15) is 14.7 Å². The van der Waals surface area contributed by atoms with Crippen molar-refractivity contribution in [2.75, 3.05) is 0 Å². The third-order valence-corrected chi connectivity index (χ3v) is 5.40. The fourth-order valence-electron chi connectivity index (χ4n) is 3.97. The molecule has 0 spiro atoms. The predicted molar refractivity (Wildman–Crippen MR) is 89.3 cm³/mol. The van der Waals surface area contributed by atoms with Crippen LogP contribution < -0.4 is 0 Å². The second kappa shape index (κ2) is 6.93. The Hall–Kier alpha value is -1.88. The van der Waals surface area contributed by atoms with Crippen LogP contribution in [0.5, 0.6) is 0 Å². The van der Waals surface area contributed by atoms with Crippen LogP contribution in [0.15, 0.2) is 24.3 Å². The van der Waals surface area contributed by atoms with E-state index < -0.39 is 12.2 Å². The number of hydrogen-bond acceptors (Lipinski definition) is 4. The predicted octanol–water partition coefficient (Wildman–Crippen LogP) is 3.21. The minimum Gasteiger partial charge on any atom is -0.443 e. The number of carbonyl (C=O) groups is 2. The topological polar surface area (TPSA) is 66.8 Å². The van der Waals surface area contributed by atoms with Crippen LogP contribution in [-0.2, 0) is 16.0 Å². The highest BCUT2D eigenvalue weighted by atomic mass is 16.6. The fourth-order valence-corrected chi connectivity index (χ4v) is 3.97. The van der Waals surface area contributed by atoms with Crippen LogP contribution in [0.25, 0.3) is 0 Å². The van der Waals surface area contributed by atoms with Crippen LogP contribution in [0.4, 0.5) is 4.79 Å². The maximum absolute atomic E-state index is 12.7. The Balaban J connectivity index is 1.82. The molecule has 2 amide bonds. The summed E-state index contributed by atoms with van der Waals surface area (Å²) in [5, 5.41) is 10.3. The van der Waals surface area contributed by atoms with E-state index in [1.165, 1.54) is 4.90 Å². The Morgan fingerprint density at radius 3 is 2.75 bits per heavy atom. The number of benzene rings is 1. The van der Waals surface area contributed by atoms with Crippen LogP contribution in [-0.4, -0.2) is 34.2 Å². The van der Waals surface area contributed by atoms with Gasteiger partial charge in [-0.3, -0.25) is 4.79 Å². The number of amides is 2. The molecule has 1 aliphatic heterocycles. The molecule has 1 N–H and O–H groups in total. The van der Waals surface area contributed by atoms with Gasteiger partial charge in [0.15, 0.2) is 0 Å². The number of fused-ring (bicyclic) bond motifs is 3. The lowest BCUT2D eigenvalue weighted by Crippen LogP contribution is -2.39. The van der Waals surface area contributed by atoms with E-state index in [1.54, 1.807) is 0 Å². The standard InChI is InChI=1S/C19H25NO4/c1-3-12(4-2)15(21)11-17(22)20-18-14-8-6-5-7-13(14)9-10-16(18)24-19(20)23/h5-8,12,15-16,18,21H,3-4,9-11H2,1-2H3/t15-,16+,18+/m1/s1. The van der Waals surface area contributed by atoms with Crippen LogP contribution in [0.1, 0.15) is 56.7 Å². The largest absolute Gasteiger partial charge is 0.443 e. The number of ether oxygens (including phenoxy) is 1. The van der Waals surface area contributed by atoms with Crippen molar-refractivity contribution in [2.45, 2.75) is 64.2 Å². The molecule has 1 aliphatic carbocycles. The van der Waals surface area contributed by atoms with Gasteiger partial charge in [-0.15, -0.1) is 0 Å². The molecular weight excluding hydrogens is 306 g/mol. The Bertz CT molecular complexity index is 626. The van der Waals surface area contributed by atoms with Crippen LogP contribution in [0.2, 0.25) is 0 Å². The smallest absolute Gasteiger partial charge is 0.417 e. The van der Waals surface area contributed by atoms with Crippen molar-refractivity contribution < 1.29 is 19.4 Å². The molecule has 1 aromatic rings. The third-order valence-electron chi connectivity index (χ3n) is 5.40. The number of imide groups is 1. The Labute approximate surface area is 142 Å². The van der Waals surface area contributed by atoms with Crippen LogP contribution in [0, 0.1) is 5.92 Å². The summed E-state index contributed by atoms with van der Waals surface area (Å²) >= 11 is 0. The van der Waals surface area contributed by atoms with Crippen molar-refractivity contribution in [1.82, 2.24) is 4.90 Å². The maximum Gasteiger partial charge on any atom is 0.417 e. The molecule has 1 aromatic carbocycles. The van der Waals surface area contributed by atoms with Gasteiger partial charge < -0.3 is 9.84 Å². The fraction of sp³-hybridized carbons (Fsp3) is 0.579. The Morgan fingerprint density at radius 1 is 1.33 bits per heavy atom. The minimum atomic E-state index is -0.724. The molecule has 5 heteroatoms. The SMILES string of the molecule is CCC(CC)[C@H](O)CC(=O)N1C(=O)O[C@H]2CCc3ccccc3[C@@H]21. The van der Waals surface area contributed by atoms with E-state index in [4.69, 9.17) is 4.74 Å². The van der Waals surface area contributed by atoms with E-state index in [-0.39, 0.29) is 30.4 Å². The second-order valence-electron chi connectivity index (χ2n) is 6.72. The monoisotopic (exact) mass is 331 g/mol. The third kappa shape index (κ3) is 2.93. The van der Waals surface area contributed by atoms with Gasteiger partial charge in [-0.1, -0.05) is 51.0 Å². The first kappa shape index (κ1) is 17.0. The molecule has 2 aliphatic rings. The summed E-state index contributed by atoms with van der Waals surface area (Å²) in [6.45, 7) is 4.00. The number of hydrogen-bond donors (Lipinski definition) is 1. The summed E-state index contributed by atoms with van der Waals surface area (Å²) < 4.78 is 5.44. The van der Waals surface area contributed by atoms with E-state index in [2.05, 4.69) is 0 Å². The summed E-state index contributed by atoms with van der Waals surface area (Å²) in [5.41, 5.74) is 2.15. The van der Waals surface area contributed by atoms with E-state index in [0.29, 0.717) is 0 Å². The first-order valence-corrected chi connectivity index (χ1v) is 8.85. The average molecular weight is 331 g/mol. The van der Waals surface area contributed by atoms with Crippen molar-refractivity contribution in [3.05, 3.63) is 35.4 Å². The highest BCUT2D eigenvalue weighted by Gasteiger charge is 2.48. The van der Waals surface area contributed by atoms with Gasteiger partial charge >= 0.3 is 6.09 Å². The second-order valence-corrected chi connectivity index (χ2v) is 6.72. The van der Waals surface area contributed by atoms with Gasteiger partial charge in [0.2, 0.25) is 5.91 Å². The molecule has 24 heavy (non-hydrogen) atoms. The summed E-state index contributed by atoms with van der Waals surface area (Å²) in [7, 11) is 0. The quantitative estimate of drug-likeness (QED) is 0.900. The lowest BCUT2D eigenvalue weighted by atomic mass is 9.85. The first-order valence-electron chi connectivity index (χ1n) is 8.85. The van der Waals surface area contributed by atoms with Crippen molar-refractivity contribution in [3.63, 3.8) is 0 Å². The normalized spacial score (nSPS) is 23.7. The molecule has 0 aromatic heterocycles. The molecule has 130 valence electrons. The summed E-state index contributed by atoms with van der Waals surface area (Å²) in [6, 6.07) is 7.54. The van der Waals surface area contributed by atoms with Gasteiger partial charge in [0, 0.05) is 0 Å². The molecule has 1 saturated heterocycles. The van der Waals surface area contributed by atoms with Crippen molar-refractivity contribution in [2.24, 2.45) is 5.92 Å². The summed E-state index contributed by atoms with van der Waals surface area (Å²) in [6.07, 6.45) is 1.58. The number of nitrogens with zero attached hydrogens (tertiary/aromatic N) is 1. The van der Waals surface area contributed by atoms with Gasteiger partial charge in [-0.25, -0.2) is 9.69 Å². The molecule has 3 rings (SSSR count). The summed E-state index contributed by atoms with van der Waals surface area (Å²) in [5.74, 6) is -0.273. The highest BCUT2D eigenvalue weighted by molar-refractivity contribution is 5.94. The molecular formula is C19H25NO4. The lowest BCUT2D eigenvalue weighted by molar-refractivity contribution is -0.132. The van der Waals surface area contributed by atoms with Crippen molar-refractivity contribution in [1.29, 1.82) is 0 Å². The van der Waals surface area contributed by atoms with Gasteiger partial charge in [0.05, 0.1) is 12.5 Å². The zero-order chi connectivity index (χ0) is 17.3. The van der Waals surface area contributed by atoms with Gasteiger partial charge in [-0.2, -0.15) is 0 Å².